The van der Waals surface area contributed by atoms with Crippen LogP contribution < -0.4 is 10.5 Å². The van der Waals surface area contributed by atoms with Gasteiger partial charge in [-0.25, -0.2) is 0 Å². The van der Waals surface area contributed by atoms with Gasteiger partial charge in [0.15, 0.2) is 0 Å². The van der Waals surface area contributed by atoms with Crippen LogP contribution in [0.25, 0.3) is 0 Å². The average molecular weight is 328 g/mol. The first kappa shape index (κ1) is 14.3. The van der Waals surface area contributed by atoms with Crippen molar-refractivity contribution in [2.45, 2.75) is 12.6 Å². The van der Waals surface area contributed by atoms with Crippen molar-refractivity contribution in [3.8, 4) is 5.75 Å². The van der Waals surface area contributed by atoms with Gasteiger partial charge in [0, 0.05) is 24.1 Å². The van der Waals surface area contributed by atoms with E-state index in [-0.39, 0.29) is 11.9 Å². The molecule has 1 saturated heterocycles. The van der Waals surface area contributed by atoms with E-state index in [0.29, 0.717) is 13.2 Å². The van der Waals surface area contributed by atoms with E-state index in [1.54, 1.807) is 7.11 Å². The molecular weight excluding hydrogens is 310 g/mol. The van der Waals surface area contributed by atoms with E-state index in [9.17, 15) is 0 Å². The number of hydrogen-bond acceptors (Lipinski definition) is 4. The minimum absolute atomic E-state index is 0.0920. The van der Waals surface area contributed by atoms with E-state index in [4.69, 9.17) is 20.6 Å². The highest BCUT2D eigenvalue weighted by Gasteiger charge is 2.23. The van der Waals surface area contributed by atoms with E-state index in [2.05, 4.69) is 20.8 Å². The molecule has 1 atom stereocenters. The molecule has 0 amide bonds. The summed E-state index contributed by atoms with van der Waals surface area (Å²) in [5.74, 6) is 0.934. The quantitative estimate of drug-likeness (QED) is 0.650. The van der Waals surface area contributed by atoms with Crippen molar-refractivity contribution in [3.05, 3.63) is 28.2 Å². The van der Waals surface area contributed by atoms with Gasteiger partial charge in [-0.1, -0.05) is 15.9 Å². The number of morpholine rings is 1. The molecule has 0 aliphatic carbocycles. The summed E-state index contributed by atoms with van der Waals surface area (Å²) in [7, 11) is 1.66. The lowest BCUT2D eigenvalue weighted by Gasteiger charge is -2.32. The van der Waals surface area contributed by atoms with Crippen molar-refractivity contribution < 1.29 is 9.47 Å². The first-order valence-corrected chi connectivity index (χ1v) is 6.89. The number of ether oxygens (including phenoxy) is 2. The Kier molecular flexibility index (Phi) is 4.79. The average Bonchev–Trinajstić information content (AvgIpc) is 2.41. The molecule has 1 fully saturated rings. The van der Waals surface area contributed by atoms with Gasteiger partial charge >= 0.3 is 0 Å². The molecule has 2 rings (SSSR count). The Morgan fingerprint density at radius 3 is 3.11 bits per heavy atom. The highest BCUT2D eigenvalue weighted by Crippen LogP contribution is 2.24. The number of hydrogen-bond donors (Lipinski definition) is 2. The van der Waals surface area contributed by atoms with Gasteiger partial charge in [-0.2, -0.15) is 0 Å². The molecule has 1 heterocycles. The maximum Gasteiger partial charge on any atom is 0.127 e. The van der Waals surface area contributed by atoms with Crippen LogP contribution in [-0.4, -0.2) is 43.6 Å². The molecule has 1 aliphatic rings. The van der Waals surface area contributed by atoms with Crippen LogP contribution in [0.15, 0.2) is 22.7 Å². The van der Waals surface area contributed by atoms with Crippen molar-refractivity contribution in [1.29, 1.82) is 5.41 Å². The molecule has 0 aromatic heterocycles. The number of benzene rings is 1. The van der Waals surface area contributed by atoms with E-state index in [0.717, 1.165) is 28.9 Å². The second-order valence-corrected chi connectivity index (χ2v) is 5.36. The number of nitrogens with two attached hydrogens (primary N) is 1. The summed E-state index contributed by atoms with van der Waals surface area (Å²) in [4.78, 5) is 2.23. The lowest BCUT2D eigenvalue weighted by atomic mass is 10.1. The van der Waals surface area contributed by atoms with Crippen LogP contribution in [0.2, 0.25) is 0 Å². The summed E-state index contributed by atoms with van der Waals surface area (Å²) in [6.45, 7) is 2.88. The highest BCUT2D eigenvalue weighted by atomic mass is 79.9. The Balaban J connectivity index is 2.06. The molecule has 0 radical (unpaired) electrons. The SMILES string of the molecule is COc1ccc(Br)c(CN2CCOC(C(=N)N)C2)c1. The molecule has 104 valence electrons. The monoisotopic (exact) mass is 327 g/mol. The molecule has 5 nitrogen and oxygen atoms in total. The molecule has 19 heavy (non-hydrogen) atoms. The third kappa shape index (κ3) is 3.68. The first-order chi connectivity index (χ1) is 9.10. The van der Waals surface area contributed by atoms with Gasteiger partial charge in [0.2, 0.25) is 0 Å². The standard InChI is InChI=1S/C13H18BrN3O2/c1-18-10-2-3-11(14)9(6-10)7-17-4-5-19-12(8-17)13(15)16/h2-3,6,12H,4-5,7-8H2,1H3,(H3,15,16). The number of nitrogens with one attached hydrogen (secondary N) is 1. The van der Waals surface area contributed by atoms with Gasteiger partial charge < -0.3 is 15.2 Å². The van der Waals surface area contributed by atoms with Crippen molar-refractivity contribution in [2.24, 2.45) is 5.73 Å². The molecular formula is C13H18BrN3O2. The molecule has 0 spiro atoms. The maximum absolute atomic E-state index is 7.46. The van der Waals surface area contributed by atoms with Crippen molar-refractivity contribution in [3.63, 3.8) is 0 Å². The van der Waals surface area contributed by atoms with Crippen LogP contribution in [-0.2, 0) is 11.3 Å². The minimum atomic E-state index is -0.293. The number of rotatable bonds is 4. The van der Waals surface area contributed by atoms with Gasteiger partial charge in [0.05, 0.1) is 13.7 Å². The second-order valence-electron chi connectivity index (χ2n) is 4.51. The zero-order valence-electron chi connectivity index (χ0n) is 10.9. The summed E-state index contributed by atoms with van der Waals surface area (Å²) in [5, 5.41) is 7.46. The van der Waals surface area contributed by atoms with Crippen LogP contribution >= 0.6 is 15.9 Å². The fourth-order valence-electron chi connectivity index (χ4n) is 2.07. The molecule has 1 aromatic carbocycles. The predicted molar refractivity (Wildman–Crippen MR) is 77.6 cm³/mol. The van der Waals surface area contributed by atoms with E-state index in [1.165, 1.54) is 0 Å². The number of nitrogens with zero attached hydrogens (tertiary/aromatic N) is 1. The van der Waals surface area contributed by atoms with Crippen LogP contribution in [0, 0.1) is 5.41 Å². The van der Waals surface area contributed by atoms with E-state index in [1.807, 2.05) is 18.2 Å². The summed E-state index contributed by atoms with van der Waals surface area (Å²) in [6.07, 6.45) is -0.293. The largest absolute Gasteiger partial charge is 0.497 e. The second kappa shape index (κ2) is 6.36. The van der Waals surface area contributed by atoms with Crippen LogP contribution in [0.1, 0.15) is 5.56 Å². The Morgan fingerprint density at radius 2 is 2.42 bits per heavy atom. The fourth-order valence-corrected chi connectivity index (χ4v) is 2.45. The van der Waals surface area contributed by atoms with Gasteiger partial charge in [0.25, 0.3) is 0 Å². The third-order valence-corrected chi connectivity index (χ3v) is 3.92. The molecule has 6 heteroatoms. The van der Waals surface area contributed by atoms with Crippen molar-refractivity contribution in [2.75, 3.05) is 26.8 Å². The maximum atomic E-state index is 7.46. The van der Waals surface area contributed by atoms with E-state index < -0.39 is 0 Å². The van der Waals surface area contributed by atoms with E-state index >= 15 is 0 Å². The Bertz CT molecular complexity index is 467. The lowest BCUT2D eigenvalue weighted by molar-refractivity contribution is 0.00227. The number of halogens is 1. The Morgan fingerprint density at radius 1 is 1.63 bits per heavy atom. The third-order valence-electron chi connectivity index (χ3n) is 3.14. The highest BCUT2D eigenvalue weighted by molar-refractivity contribution is 9.10. The van der Waals surface area contributed by atoms with Crippen LogP contribution in [0.4, 0.5) is 0 Å². The fraction of sp³-hybridized carbons (Fsp3) is 0.462. The summed E-state index contributed by atoms with van der Waals surface area (Å²) in [6, 6.07) is 5.92. The van der Waals surface area contributed by atoms with Crippen LogP contribution in [0.5, 0.6) is 5.75 Å². The smallest absolute Gasteiger partial charge is 0.127 e. The van der Waals surface area contributed by atoms with Crippen molar-refractivity contribution in [1.82, 2.24) is 4.90 Å². The Hall–Kier alpha value is -1.11. The topological polar surface area (TPSA) is 71.6 Å². The predicted octanol–water partition coefficient (Wildman–Crippen LogP) is 1.59. The number of methoxy groups -OCH3 is 1. The molecule has 3 N–H and O–H groups in total. The molecule has 0 saturated carbocycles. The Labute approximate surface area is 121 Å². The normalized spacial score (nSPS) is 20.2. The zero-order chi connectivity index (χ0) is 13.8. The molecule has 1 aliphatic heterocycles. The zero-order valence-corrected chi connectivity index (χ0v) is 12.4. The molecule has 1 aromatic rings. The van der Waals surface area contributed by atoms with Crippen molar-refractivity contribution >= 4 is 21.8 Å². The van der Waals surface area contributed by atoms with Crippen LogP contribution in [0.3, 0.4) is 0 Å². The first-order valence-electron chi connectivity index (χ1n) is 6.10. The van der Waals surface area contributed by atoms with Gasteiger partial charge in [0.1, 0.15) is 17.7 Å². The minimum Gasteiger partial charge on any atom is -0.497 e. The summed E-state index contributed by atoms with van der Waals surface area (Å²) in [5.41, 5.74) is 6.66. The number of amidine groups is 1. The lowest BCUT2D eigenvalue weighted by Crippen LogP contribution is -2.47. The van der Waals surface area contributed by atoms with Gasteiger partial charge in [-0.3, -0.25) is 10.3 Å². The van der Waals surface area contributed by atoms with Gasteiger partial charge in [-0.05, 0) is 23.8 Å². The molecule has 1 unspecified atom stereocenters. The summed E-state index contributed by atoms with van der Waals surface area (Å²) < 4.78 is 11.7. The summed E-state index contributed by atoms with van der Waals surface area (Å²) >= 11 is 3.55. The van der Waals surface area contributed by atoms with Gasteiger partial charge in [-0.15, -0.1) is 0 Å². The molecule has 0 bridgehead atoms.